The first-order chi connectivity index (χ1) is 9.92. The number of anilines is 1. The Kier molecular flexibility index (Phi) is 4.17. The summed E-state index contributed by atoms with van der Waals surface area (Å²) in [5, 5.41) is 12.6. The molecule has 0 fully saturated rings. The molecule has 2 aromatic rings. The summed E-state index contributed by atoms with van der Waals surface area (Å²) in [6.45, 7) is 5.94. The van der Waals surface area contributed by atoms with Gasteiger partial charge in [0.25, 0.3) is 5.91 Å². The molecule has 0 radical (unpaired) electrons. The quantitative estimate of drug-likeness (QED) is 0.906. The highest BCUT2D eigenvalue weighted by atomic mass is 16.5. The van der Waals surface area contributed by atoms with Crippen molar-refractivity contribution >= 4 is 11.6 Å². The monoisotopic (exact) mass is 285 g/mol. The van der Waals surface area contributed by atoms with Crippen LogP contribution < -0.4 is 10.1 Å². The summed E-state index contributed by atoms with van der Waals surface area (Å²) >= 11 is 0. The third-order valence-electron chi connectivity index (χ3n) is 3.36. The lowest BCUT2D eigenvalue weighted by Crippen LogP contribution is -2.14. The Labute approximate surface area is 124 Å². The summed E-state index contributed by atoms with van der Waals surface area (Å²) in [6.07, 6.45) is 0. The van der Waals surface area contributed by atoms with Gasteiger partial charge in [-0.2, -0.15) is 0 Å². The molecule has 0 atom stereocenters. The lowest BCUT2D eigenvalue weighted by Gasteiger charge is -2.13. The Bertz CT molecular complexity index is 669. The van der Waals surface area contributed by atoms with Gasteiger partial charge in [-0.1, -0.05) is 17.7 Å². The van der Waals surface area contributed by atoms with Crippen molar-refractivity contribution in [1.82, 2.24) is 0 Å². The molecular weight excluding hydrogens is 266 g/mol. The Morgan fingerprint density at radius 3 is 2.24 bits per heavy atom. The van der Waals surface area contributed by atoms with Crippen LogP contribution in [-0.4, -0.2) is 18.1 Å². The molecule has 4 nitrogen and oxygen atoms in total. The second kappa shape index (κ2) is 5.87. The van der Waals surface area contributed by atoms with Gasteiger partial charge in [0.05, 0.1) is 7.11 Å². The number of hydrogen-bond donors (Lipinski definition) is 2. The number of methoxy groups -OCH3 is 1. The first-order valence-electron chi connectivity index (χ1n) is 6.68. The number of carbonyl (C=O) groups is 1. The first-order valence-corrected chi connectivity index (χ1v) is 6.68. The molecule has 4 heteroatoms. The van der Waals surface area contributed by atoms with Crippen LogP contribution in [0.4, 0.5) is 5.69 Å². The molecule has 0 aromatic heterocycles. The minimum Gasteiger partial charge on any atom is -0.504 e. The Morgan fingerprint density at radius 1 is 1.10 bits per heavy atom. The molecule has 21 heavy (non-hydrogen) atoms. The molecule has 2 rings (SSSR count). The van der Waals surface area contributed by atoms with Gasteiger partial charge >= 0.3 is 0 Å². The van der Waals surface area contributed by atoms with E-state index in [0.717, 1.165) is 22.4 Å². The van der Waals surface area contributed by atoms with Crippen molar-refractivity contribution in [2.24, 2.45) is 0 Å². The lowest BCUT2D eigenvalue weighted by molar-refractivity contribution is 0.102. The second-order valence-corrected chi connectivity index (χ2v) is 5.11. The minimum atomic E-state index is -0.261. The fourth-order valence-corrected chi connectivity index (χ4v) is 2.39. The second-order valence-electron chi connectivity index (χ2n) is 5.11. The number of aryl methyl sites for hydroxylation is 3. The van der Waals surface area contributed by atoms with Gasteiger partial charge in [0.15, 0.2) is 11.5 Å². The predicted molar refractivity (Wildman–Crippen MR) is 83.3 cm³/mol. The van der Waals surface area contributed by atoms with Crippen molar-refractivity contribution in [2.75, 3.05) is 12.4 Å². The molecule has 0 unspecified atom stereocenters. The summed E-state index contributed by atoms with van der Waals surface area (Å²) in [4.78, 5) is 12.3. The number of hydrogen-bond acceptors (Lipinski definition) is 3. The van der Waals surface area contributed by atoms with Crippen LogP contribution >= 0.6 is 0 Å². The fourth-order valence-electron chi connectivity index (χ4n) is 2.39. The maximum atomic E-state index is 12.3. The van der Waals surface area contributed by atoms with Crippen molar-refractivity contribution in [3.63, 3.8) is 0 Å². The van der Waals surface area contributed by atoms with E-state index in [1.807, 2.05) is 32.9 Å². The molecule has 2 aromatic carbocycles. The molecular formula is C17H19NO3. The van der Waals surface area contributed by atoms with Crippen LogP contribution in [0.15, 0.2) is 30.3 Å². The molecule has 1 amide bonds. The van der Waals surface area contributed by atoms with Crippen molar-refractivity contribution < 1.29 is 14.6 Å². The fraction of sp³-hybridized carbons (Fsp3) is 0.235. The average molecular weight is 285 g/mol. The lowest BCUT2D eigenvalue weighted by atomic mass is 10.0. The Morgan fingerprint density at radius 2 is 1.71 bits per heavy atom. The van der Waals surface area contributed by atoms with Crippen LogP contribution in [0.2, 0.25) is 0 Å². The van der Waals surface area contributed by atoms with E-state index < -0.39 is 0 Å². The molecule has 0 aliphatic heterocycles. The maximum absolute atomic E-state index is 12.3. The highest BCUT2D eigenvalue weighted by molar-refractivity contribution is 6.05. The number of carbonyl (C=O) groups excluding carboxylic acids is 1. The van der Waals surface area contributed by atoms with E-state index >= 15 is 0 Å². The van der Waals surface area contributed by atoms with E-state index in [9.17, 15) is 9.90 Å². The Hall–Kier alpha value is -2.49. The third-order valence-corrected chi connectivity index (χ3v) is 3.36. The number of ether oxygens (including phenoxy) is 1. The van der Waals surface area contributed by atoms with E-state index in [-0.39, 0.29) is 11.7 Å². The standard InChI is InChI=1S/C17H19NO3/c1-10-7-11(2)16(12(3)8-10)18-17(20)13-5-6-15(21-4)14(19)9-13/h5-9,19H,1-4H3,(H,18,20). The number of phenols is 1. The summed E-state index contributed by atoms with van der Waals surface area (Å²) in [6, 6.07) is 8.63. The normalized spacial score (nSPS) is 10.3. The molecule has 2 N–H and O–H groups in total. The van der Waals surface area contributed by atoms with Gasteiger partial charge in [-0.05, 0) is 50.1 Å². The van der Waals surface area contributed by atoms with Gasteiger partial charge < -0.3 is 15.2 Å². The van der Waals surface area contributed by atoms with E-state index in [1.165, 1.54) is 13.2 Å². The largest absolute Gasteiger partial charge is 0.504 e. The van der Waals surface area contributed by atoms with Gasteiger partial charge in [-0.25, -0.2) is 0 Å². The van der Waals surface area contributed by atoms with Gasteiger partial charge in [0, 0.05) is 11.3 Å². The van der Waals surface area contributed by atoms with Crippen molar-refractivity contribution in [2.45, 2.75) is 20.8 Å². The highest BCUT2D eigenvalue weighted by Gasteiger charge is 2.12. The van der Waals surface area contributed by atoms with Gasteiger partial charge in [-0.15, -0.1) is 0 Å². The van der Waals surface area contributed by atoms with Gasteiger partial charge in [0.2, 0.25) is 0 Å². The number of aromatic hydroxyl groups is 1. The zero-order valence-corrected chi connectivity index (χ0v) is 12.7. The number of phenolic OH excluding ortho intramolecular Hbond substituents is 1. The first kappa shape index (κ1) is 14.9. The smallest absolute Gasteiger partial charge is 0.255 e. The van der Waals surface area contributed by atoms with Crippen LogP contribution in [0.1, 0.15) is 27.0 Å². The summed E-state index contributed by atoms with van der Waals surface area (Å²) in [5.74, 6) is 0.0275. The van der Waals surface area contributed by atoms with Crippen LogP contribution in [0, 0.1) is 20.8 Å². The van der Waals surface area contributed by atoms with Crippen LogP contribution in [-0.2, 0) is 0 Å². The number of rotatable bonds is 3. The van der Waals surface area contributed by atoms with Gasteiger partial charge in [0.1, 0.15) is 0 Å². The predicted octanol–water partition coefficient (Wildman–Crippen LogP) is 3.58. The van der Waals surface area contributed by atoms with Crippen molar-refractivity contribution in [1.29, 1.82) is 0 Å². The number of nitrogens with one attached hydrogen (secondary N) is 1. The minimum absolute atomic E-state index is 0.0532. The van der Waals surface area contributed by atoms with E-state index in [4.69, 9.17) is 4.74 Å². The van der Waals surface area contributed by atoms with Crippen LogP contribution in [0.25, 0.3) is 0 Å². The maximum Gasteiger partial charge on any atom is 0.255 e. The highest BCUT2D eigenvalue weighted by Crippen LogP contribution is 2.27. The molecule has 0 spiro atoms. The van der Waals surface area contributed by atoms with Crippen LogP contribution in [0.5, 0.6) is 11.5 Å². The third kappa shape index (κ3) is 3.16. The summed E-state index contributed by atoms with van der Waals surface area (Å²) in [7, 11) is 1.47. The van der Waals surface area contributed by atoms with Crippen molar-refractivity contribution in [3.8, 4) is 11.5 Å². The topological polar surface area (TPSA) is 58.6 Å². The van der Waals surface area contributed by atoms with Gasteiger partial charge in [-0.3, -0.25) is 4.79 Å². The SMILES string of the molecule is COc1ccc(C(=O)Nc2c(C)cc(C)cc2C)cc1O. The zero-order valence-electron chi connectivity index (χ0n) is 12.7. The van der Waals surface area contributed by atoms with E-state index in [2.05, 4.69) is 5.32 Å². The van der Waals surface area contributed by atoms with E-state index in [0.29, 0.717) is 11.3 Å². The number of benzene rings is 2. The molecule has 0 aliphatic carbocycles. The molecule has 0 aliphatic rings. The molecule has 0 bridgehead atoms. The van der Waals surface area contributed by atoms with E-state index in [1.54, 1.807) is 12.1 Å². The molecule has 0 saturated carbocycles. The summed E-state index contributed by atoms with van der Waals surface area (Å²) < 4.78 is 4.97. The molecule has 110 valence electrons. The molecule has 0 heterocycles. The number of amides is 1. The van der Waals surface area contributed by atoms with Crippen molar-refractivity contribution in [3.05, 3.63) is 52.6 Å². The average Bonchev–Trinajstić information content (AvgIpc) is 2.42. The zero-order chi connectivity index (χ0) is 15.6. The molecule has 0 saturated heterocycles. The Balaban J connectivity index is 2.28. The summed E-state index contributed by atoms with van der Waals surface area (Å²) in [5.41, 5.74) is 4.37. The van der Waals surface area contributed by atoms with Crippen LogP contribution in [0.3, 0.4) is 0 Å².